The molecule has 0 saturated carbocycles. The molecule has 0 radical (unpaired) electrons. The van der Waals surface area contributed by atoms with Crippen molar-refractivity contribution in [2.45, 2.75) is 20.4 Å². The minimum Gasteiger partial charge on any atom is -0.346 e. The standard InChI is InChI=1S/C15H14N2OS3/c1-9-6-12(20-8-9)14(18)16-7-13-10(2)17-15(21-13)11-4-3-5-19-11/h3-6,8H,7H2,1-2H3,(H,16,18). The van der Waals surface area contributed by atoms with Crippen molar-refractivity contribution in [1.29, 1.82) is 0 Å². The zero-order chi connectivity index (χ0) is 14.8. The number of aromatic nitrogens is 1. The summed E-state index contributed by atoms with van der Waals surface area (Å²) in [6, 6.07) is 6.01. The second kappa shape index (κ2) is 6.09. The van der Waals surface area contributed by atoms with Crippen LogP contribution in [0.4, 0.5) is 0 Å². The normalized spacial score (nSPS) is 10.8. The first-order valence-corrected chi connectivity index (χ1v) is 9.04. The number of nitrogens with one attached hydrogen (secondary N) is 1. The van der Waals surface area contributed by atoms with Gasteiger partial charge in [0, 0.05) is 4.88 Å². The fraction of sp³-hybridized carbons (Fsp3) is 0.200. The molecule has 1 N–H and O–H groups in total. The van der Waals surface area contributed by atoms with Crippen molar-refractivity contribution in [1.82, 2.24) is 10.3 Å². The lowest BCUT2D eigenvalue weighted by molar-refractivity contribution is 0.0955. The predicted molar refractivity (Wildman–Crippen MR) is 90.4 cm³/mol. The van der Waals surface area contributed by atoms with Crippen molar-refractivity contribution in [3.8, 4) is 9.88 Å². The molecule has 0 fully saturated rings. The van der Waals surface area contributed by atoms with Crippen molar-refractivity contribution in [3.05, 3.63) is 50.0 Å². The minimum atomic E-state index is -0.0152. The second-order valence-electron chi connectivity index (χ2n) is 4.68. The van der Waals surface area contributed by atoms with Crippen LogP contribution in [0.3, 0.4) is 0 Å². The monoisotopic (exact) mass is 334 g/mol. The molecule has 3 heterocycles. The maximum absolute atomic E-state index is 12.1. The van der Waals surface area contributed by atoms with Crippen LogP contribution in [-0.2, 0) is 6.54 Å². The van der Waals surface area contributed by atoms with E-state index >= 15 is 0 Å². The van der Waals surface area contributed by atoms with E-state index in [-0.39, 0.29) is 5.91 Å². The van der Waals surface area contributed by atoms with Crippen LogP contribution in [0, 0.1) is 13.8 Å². The molecule has 0 aliphatic carbocycles. The molecular formula is C15H14N2OS3. The third-order valence-electron chi connectivity index (χ3n) is 2.99. The highest BCUT2D eigenvalue weighted by Gasteiger charge is 2.12. The van der Waals surface area contributed by atoms with Crippen molar-refractivity contribution in [3.63, 3.8) is 0 Å². The third kappa shape index (κ3) is 3.23. The van der Waals surface area contributed by atoms with Crippen LogP contribution in [0.2, 0.25) is 0 Å². The van der Waals surface area contributed by atoms with Gasteiger partial charge in [-0.25, -0.2) is 4.98 Å². The van der Waals surface area contributed by atoms with Gasteiger partial charge in [0.1, 0.15) is 5.01 Å². The van der Waals surface area contributed by atoms with Gasteiger partial charge in [-0.15, -0.1) is 34.0 Å². The Morgan fingerprint density at radius 1 is 1.33 bits per heavy atom. The van der Waals surface area contributed by atoms with Crippen LogP contribution >= 0.6 is 34.0 Å². The van der Waals surface area contributed by atoms with Crippen LogP contribution in [0.5, 0.6) is 0 Å². The summed E-state index contributed by atoms with van der Waals surface area (Å²) in [5.41, 5.74) is 2.12. The number of hydrogen-bond donors (Lipinski definition) is 1. The van der Waals surface area contributed by atoms with E-state index in [9.17, 15) is 4.79 Å². The molecule has 21 heavy (non-hydrogen) atoms. The minimum absolute atomic E-state index is 0.0152. The molecule has 6 heteroatoms. The number of carbonyl (C=O) groups is 1. The fourth-order valence-corrected chi connectivity index (χ4v) is 4.51. The first kappa shape index (κ1) is 14.4. The molecule has 0 unspecified atom stereocenters. The molecule has 0 atom stereocenters. The lowest BCUT2D eigenvalue weighted by Crippen LogP contribution is -2.21. The number of carbonyl (C=O) groups excluding carboxylic acids is 1. The zero-order valence-corrected chi connectivity index (χ0v) is 14.1. The van der Waals surface area contributed by atoms with Crippen molar-refractivity contribution >= 4 is 39.9 Å². The SMILES string of the molecule is Cc1csc(C(=O)NCc2sc(-c3cccs3)nc2C)c1. The third-order valence-corrected chi connectivity index (χ3v) is 6.23. The Hall–Kier alpha value is -1.50. The molecule has 108 valence electrons. The molecular weight excluding hydrogens is 320 g/mol. The van der Waals surface area contributed by atoms with Crippen molar-refractivity contribution < 1.29 is 4.79 Å². The van der Waals surface area contributed by atoms with Gasteiger partial charge >= 0.3 is 0 Å². The van der Waals surface area contributed by atoms with E-state index in [0.717, 1.165) is 26.0 Å². The summed E-state index contributed by atoms with van der Waals surface area (Å²) < 4.78 is 0. The first-order valence-electron chi connectivity index (χ1n) is 6.47. The van der Waals surface area contributed by atoms with Crippen molar-refractivity contribution in [2.75, 3.05) is 0 Å². The summed E-state index contributed by atoms with van der Waals surface area (Å²) in [7, 11) is 0. The van der Waals surface area contributed by atoms with Crippen LogP contribution in [-0.4, -0.2) is 10.9 Å². The Labute approximate surface area is 135 Å². The summed E-state index contributed by atoms with van der Waals surface area (Å²) >= 11 is 4.81. The van der Waals surface area contributed by atoms with Crippen LogP contribution in [0.15, 0.2) is 29.0 Å². The van der Waals surface area contributed by atoms with E-state index in [4.69, 9.17) is 0 Å². The summed E-state index contributed by atoms with van der Waals surface area (Å²) in [5, 5.41) is 8.04. The molecule has 0 aromatic carbocycles. The molecule has 3 aromatic heterocycles. The van der Waals surface area contributed by atoms with E-state index < -0.39 is 0 Å². The van der Waals surface area contributed by atoms with Gasteiger partial charge in [-0.3, -0.25) is 4.79 Å². The molecule has 1 amide bonds. The van der Waals surface area contributed by atoms with E-state index in [1.165, 1.54) is 16.2 Å². The number of thiophene rings is 2. The molecule has 0 aliphatic heterocycles. The van der Waals surface area contributed by atoms with Gasteiger partial charge in [0.2, 0.25) is 0 Å². The molecule has 0 bridgehead atoms. The van der Waals surface area contributed by atoms with Gasteiger partial charge < -0.3 is 5.32 Å². The highest BCUT2D eigenvalue weighted by molar-refractivity contribution is 7.21. The Kier molecular flexibility index (Phi) is 4.19. The highest BCUT2D eigenvalue weighted by Crippen LogP contribution is 2.31. The Bertz CT molecular complexity index is 756. The molecule has 0 saturated heterocycles. The lowest BCUT2D eigenvalue weighted by Gasteiger charge is -2.01. The highest BCUT2D eigenvalue weighted by atomic mass is 32.1. The average molecular weight is 334 g/mol. The van der Waals surface area contributed by atoms with Crippen LogP contribution in [0.25, 0.3) is 9.88 Å². The van der Waals surface area contributed by atoms with Crippen molar-refractivity contribution in [2.24, 2.45) is 0 Å². The van der Waals surface area contributed by atoms with Gasteiger partial charge in [0.15, 0.2) is 0 Å². The maximum Gasteiger partial charge on any atom is 0.261 e. The predicted octanol–water partition coefficient (Wildman–Crippen LogP) is 4.48. The number of rotatable bonds is 4. The number of amides is 1. The lowest BCUT2D eigenvalue weighted by atomic mass is 10.3. The van der Waals surface area contributed by atoms with E-state index in [1.807, 2.05) is 36.7 Å². The van der Waals surface area contributed by atoms with E-state index in [1.54, 1.807) is 22.7 Å². The number of aryl methyl sites for hydroxylation is 2. The molecule has 0 aliphatic rings. The van der Waals surface area contributed by atoms with Gasteiger partial charge in [0.05, 0.1) is 22.0 Å². The zero-order valence-electron chi connectivity index (χ0n) is 11.7. The number of hydrogen-bond acceptors (Lipinski definition) is 5. The molecule has 0 spiro atoms. The van der Waals surface area contributed by atoms with Gasteiger partial charge in [-0.1, -0.05) is 6.07 Å². The first-order chi connectivity index (χ1) is 10.1. The summed E-state index contributed by atoms with van der Waals surface area (Å²) in [6.45, 7) is 4.52. The fourth-order valence-electron chi connectivity index (χ4n) is 1.90. The smallest absolute Gasteiger partial charge is 0.261 e. The molecule has 3 aromatic rings. The Balaban J connectivity index is 1.69. The summed E-state index contributed by atoms with van der Waals surface area (Å²) in [6.07, 6.45) is 0. The summed E-state index contributed by atoms with van der Waals surface area (Å²) in [4.78, 5) is 19.7. The van der Waals surface area contributed by atoms with Crippen LogP contribution in [0.1, 0.15) is 25.8 Å². The number of nitrogens with zero attached hydrogens (tertiary/aromatic N) is 1. The van der Waals surface area contributed by atoms with E-state index in [0.29, 0.717) is 6.54 Å². The van der Waals surface area contributed by atoms with Gasteiger partial charge in [-0.2, -0.15) is 0 Å². The Morgan fingerprint density at radius 2 is 2.19 bits per heavy atom. The maximum atomic E-state index is 12.1. The van der Waals surface area contributed by atoms with Crippen LogP contribution < -0.4 is 5.32 Å². The summed E-state index contributed by atoms with van der Waals surface area (Å²) in [5.74, 6) is -0.0152. The number of thiazole rings is 1. The molecule has 3 rings (SSSR count). The second-order valence-corrected chi connectivity index (χ2v) is 7.62. The quantitative estimate of drug-likeness (QED) is 0.764. The Morgan fingerprint density at radius 3 is 2.86 bits per heavy atom. The topological polar surface area (TPSA) is 42.0 Å². The van der Waals surface area contributed by atoms with Gasteiger partial charge in [0.25, 0.3) is 5.91 Å². The van der Waals surface area contributed by atoms with Gasteiger partial charge in [-0.05, 0) is 42.3 Å². The molecule has 3 nitrogen and oxygen atoms in total. The van der Waals surface area contributed by atoms with E-state index in [2.05, 4.69) is 16.4 Å². The largest absolute Gasteiger partial charge is 0.346 e. The average Bonchev–Trinajstić information content (AvgIpc) is 3.16.